The van der Waals surface area contributed by atoms with Gasteiger partial charge >= 0.3 is 6.03 Å². The van der Waals surface area contributed by atoms with Crippen molar-refractivity contribution in [1.82, 2.24) is 0 Å². The number of amides is 2. The first-order valence-electron chi connectivity index (χ1n) is 8.84. The number of carbonyl (C=O) groups is 1. The van der Waals surface area contributed by atoms with Crippen molar-refractivity contribution >= 4 is 40.4 Å². The average molecular weight is 393 g/mol. The minimum atomic E-state index is -0.372. The van der Waals surface area contributed by atoms with Crippen molar-refractivity contribution in [2.45, 2.75) is 20.8 Å². The molecular formula is C22H21ClN4O. The number of hydrogen-bond acceptors (Lipinski definition) is 3. The van der Waals surface area contributed by atoms with Crippen LogP contribution in [0, 0.1) is 20.8 Å². The molecule has 0 radical (unpaired) electrons. The number of hydrogen-bond donors (Lipinski definition) is 2. The molecule has 6 heteroatoms. The fraction of sp³-hybridized carbons (Fsp3) is 0.136. The molecule has 0 saturated heterocycles. The van der Waals surface area contributed by atoms with Crippen molar-refractivity contribution in [3.63, 3.8) is 0 Å². The second-order valence-corrected chi connectivity index (χ2v) is 7.03. The lowest BCUT2D eigenvalue weighted by Gasteiger charge is -2.12. The monoisotopic (exact) mass is 392 g/mol. The SMILES string of the molecule is Cc1ccc(N=Nc2ccc(C)cc2NC(=O)Nc2cc(Cl)ccc2C)cc1. The Balaban J connectivity index is 1.79. The van der Waals surface area contributed by atoms with Crippen LogP contribution >= 0.6 is 11.6 Å². The molecule has 0 aliphatic rings. The number of nitrogens with zero attached hydrogens (tertiary/aromatic N) is 2. The van der Waals surface area contributed by atoms with E-state index in [0.29, 0.717) is 22.1 Å². The van der Waals surface area contributed by atoms with Gasteiger partial charge in [0.15, 0.2) is 0 Å². The molecule has 0 aliphatic heterocycles. The quantitative estimate of drug-likeness (QED) is 0.448. The van der Waals surface area contributed by atoms with E-state index >= 15 is 0 Å². The lowest BCUT2D eigenvalue weighted by Crippen LogP contribution is -2.20. The molecule has 0 spiro atoms. The summed E-state index contributed by atoms with van der Waals surface area (Å²) in [6, 6.07) is 18.3. The molecule has 2 amide bonds. The molecule has 0 fully saturated rings. The van der Waals surface area contributed by atoms with Crippen molar-refractivity contribution in [2.75, 3.05) is 10.6 Å². The van der Waals surface area contributed by atoms with Crippen molar-refractivity contribution in [2.24, 2.45) is 10.2 Å². The second-order valence-electron chi connectivity index (χ2n) is 6.59. The Kier molecular flexibility index (Phi) is 6.06. The molecule has 5 nitrogen and oxygen atoms in total. The van der Waals surface area contributed by atoms with E-state index in [9.17, 15) is 4.79 Å². The van der Waals surface area contributed by atoms with Gasteiger partial charge in [0.2, 0.25) is 0 Å². The zero-order chi connectivity index (χ0) is 20.1. The number of anilines is 2. The Bertz CT molecular complexity index is 1030. The van der Waals surface area contributed by atoms with E-state index in [2.05, 4.69) is 20.9 Å². The van der Waals surface area contributed by atoms with Crippen LogP contribution in [0.25, 0.3) is 0 Å². The maximum absolute atomic E-state index is 12.5. The smallest absolute Gasteiger partial charge is 0.307 e. The van der Waals surface area contributed by atoms with Gasteiger partial charge in [0.05, 0.1) is 11.4 Å². The zero-order valence-electron chi connectivity index (χ0n) is 16.0. The molecule has 28 heavy (non-hydrogen) atoms. The Morgan fingerprint density at radius 2 is 1.46 bits per heavy atom. The fourth-order valence-corrected chi connectivity index (χ4v) is 2.74. The Labute approximate surface area is 169 Å². The first kappa shape index (κ1) is 19.6. The second kappa shape index (κ2) is 8.67. The van der Waals surface area contributed by atoms with Crippen molar-refractivity contribution in [1.29, 1.82) is 0 Å². The van der Waals surface area contributed by atoms with Gasteiger partial charge in [-0.3, -0.25) is 0 Å². The highest BCUT2D eigenvalue weighted by Gasteiger charge is 2.09. The van der Waals surface area contributed by atoms with Crippen LogP contribution in [-0.4, -0.2) is 6.03 Å². The van der Waals surface area contributed by atoms with Crippen LogP contribution < -0.4 is 10.6 Å². The summed E-state index contributed by atoms with van der Waals surface area (Å²) in [6.07, 6.45) is 0. The highest BCUT2D eigenvalue weighted by Crippen LogP contribution is 2.29. The highest BCUT2D eigenvalue weighted by atomic mass is 35.5. The molecule has 3 aromatic rings. The third kappa shape index (κ3) is 5.18. The number of aryl methyl sites for hydroxylation is 3. The van der Waals surface area contributed by atoms with Crippen molar-refractivity contribution in [3.05, 3.63) is 82.4 Å². The molecule has 2 N–H and O–H groups in total. The van der Waals surface area contributed by atoms with Crippen LogP contribution in [0.15, 0.2) is 70.9 Å². The maximum Gasteiger partial charge on any atom is 0.323 e. The minimum Gasteiger partial charge on any atom is -0.307 e. The third-order valence-corrected chi connectivity index (χ3v) is 4.39. The van der Waals surface area contributed by atoms with E-state index in [1.54, 1.807) is 12.1 Å². The van der Waals surface area contributed by atoms with E-state index in [0.717, 1.165) is 22.4 Å². The number of carbonyl (C=O) groups excluding carboxylic acids is 1. The molecule has 0 unspecified atom stereocenters. The predicted octanol–water partition coefficient (Wildman–Crippen LogP) is 7.32. The van der Waals surface area contributed by atoms with E-state index in [-0.39, 0.29) is 6.03 Å². The Morgan fingerprint density at radius 1 is 0.786 bits per heavy atom. The Morgan fingerprint density at radius 3 is 2.21 bits per heavy atom. The number of azo groups is 1. The van der Waals surface area contributed by atoms with E-state index in [1.807, 2.05) is 69.3 Å². The highest BCUT2D eigenvalue weighted by molar-refractivity contribution is 6.31. The first-order chi connectivity index (χ1) is 13.4. The Hall–Kier alpha value is -3.18. The molecule has 0 saturated carbocycles. The number of rotatable bonds is 4. The summed E-state index contributed by atoms with van der Waals surface area (Å²) in [7, 11) is 0. The van der Waals surface area contributed by atoms with E-state index < -0.39 is 0 Å². The van der Waals surface area contributed by atoms with Gasteiger partial charge in [0, 0.05) is 10.7 Å². The summed E-state index contributed by atoms with van der Waals surface area (Å²) in [5.41, 5.74) is 5.63. The van der Waals surface area contributed by atoms with Gasteiger partial charge in [-0.15, -0.1) is 5.11 Å². The van der Waals surface area contributed by atoms with Crippen LogP contribution in [0.4, 0.5) is 27.5 Å². The topological polar surface area (TPSA) is 65.8 Å². The number of halogens is 1. The molecule has 142 valence electrons. The number of benzene rings is 3. The summed E-state index contributed by atoms with van der Waals surface area (Å²) in [4.78, 5) is 12.5. The number of nitrogens with one attached hydrogen (secondary N) is 2. The molecule has 0 aromatic heterocycles. The van der Waals surface area contributed by atoms with Gasteiger partial charge in [-0.1, -0.05) is 41.4 Å². The van der Waals surface area contributed by atoms with Crippen LogP contribution in [-0.2, 0) is 0 Å². The van der Waals surface area contributed by atoms with Gasteiger partial charge in [0.25, 0.3) is 0 Å². The van der Waals surface area contributed by atoms with E-state index in [1.165, 1.54) is 0 Å². The lowest BCUT2D eigenvalue weighted by atomic mass is 10.2. The molecule has 0 atom stereocenters. The first-order valence-corrected chi connectivity index (χ1v) is 9.22. The zero-order valence-corrected chi connectivity index (χ0v) is 16.7. The fourth-order valence-electron chi connectivity index (χ4n) is 2.57. The summed E-state index contributed by atoms with van der Waals surface area (Å²) in [5.74, 6) is 0. The van der Waals surface area contributed by atoms with Gasteiger partial charge in [-0.05, 0) is 68.3 Å². The minimum absolute atomic E-state index is 0.372. The molecule has 3 aromatic carbocycles. The number of urea groups is 1. The summed E-state index contributed by atoms with van der Waals surface area (Å²) in [5, 5.41) is 14.8. The predicted molar refractivity (Wildman–Crippen MR) is 115 cm³/mol. The third-order valence-electron chi connectivity index (χ3n) is 4.16. The van der Waals surface area contributed by atoms with Crippen LogP contribution in [0.1, 0.15) is 16.7 Å². The summed E-state index contributed by atoms with van der Waals surface area (Å²) < 4.78 is 0. The molecule has 0 heterocycles. The maximum atomic E-state index is 12.5. The van der Waals surface area contributed by atoms with Gasteiger partial charge in [-0.25, -0.2) is 4.79 Å². The average Bonchev–Trinajstić information content (AvgIpc) is 2.65. The van der Waals surface area contributed by atoms with Crippen LogP contribution in [0.3, 0.4) is 0 Å². The van der Waals surface area contributed by atoms with Crippen LogP contribution in [0.2, 0.25) is 5.02 Å². The normalized spacial score (nSPS) is 10.9. The molecular weight excluding hydrogens is 372 g/mol. The van der Waals surface area contributed by atoms with Crippen molar-refractivity contribution < 1.29 is 4.79 Å². The van der Waals surface area contributed by atoms with Crippen LogP contribution in [0.5, 0.6) is 0 Å². The molecule has 3 rings (SSSR count). The standard InChI is InChI=1S/C22H21ClN4O/c1-14-4-9-18(10-5-14)26-27-19-11-6-15(2)12-21(19)25-22(28)24-20-13-17(23)8-7-16(20)3/h4-13H,1-3H3,(H2,24,25,28). The molecule has 0 bridgehead atoms. The summed E-state index contributed by atoms with van der Waals surface area (Å²) in [6.45, 7) is 5.87. The summed E-state index contributed by atoms with van der Waals surface area (Å²) >= 11 is 6.02. The largest absolute Gasteiger partial charge is 0.323 e. The molecule has 0 aliphatic carbocycles. The van der Waals surface area contributed by atoms with Gasteiger partial charge in [0.1, 0.15) is 5.69 Å². The van der Waals surface area contributed by atoms with Gasteiger partial charge in [-0.2, -0.15) is 5.11 Å². The van der Waals surface area contributed by atoms with Gasteiger partial charge < -0.3 is 10.6 Å². The lowest BCUT2D eigenvalue weighted by molar-refractivity contribution is 0.262. The van der Waals surface area contributed by atoms with E-state index in [4.69, 9.17) is 11.6 Å². The van der Waals surface area contributed by atoms with Crippen molar-refractivity contribution in [3.8, 4) is 0 Å².